The zero-order valence-corrected chi connectivity index (χ0v) is 20.1. The van der Waals surface area contributed by atoms with Gasteiger partial charge in [-0.25, -0.2) is 0 Å². The van der Waals surface area contributed by atoms with Crippen molar-refractivity contribution in [2.45, 2.75) is 64.7 Å². The van der Waals surface area contributed by atoms with E-state index in [2.05, 4.69) is 16.2 Å². The summed E-state index contributed by atoms with van der Waals surface area (Å²) in [6.07, 6.45) is 9.61. The average Bonchev–Trinajstić information content (AvgIpc) is 2.87. The van der Waals surface area contributed by atoms with E-state index < -0.39 is 0 Å². The maximum absolute atomic E-state index is 5.75. The third-order valence-electron chi connectivity index (χ3n) is 6.59. The molecule has 0 bridgehead atoms. The van der Waals surface area contributed by atoms with Crippen LogP contribution < -0.4 is 4.74 Å². The summed E-state index contributed by atoms with van der Waals surface area (Å²) in [4.78, 5) is 20.2. The molecular formula is C28H32N4O2. The molecule has 2 aliphatic rings. The van der Waals surface area contributed by atoms with Gasteiger partial charge in [0.1, 0.15) is 18.1 Å². The molecule has 6 heteroatoms. The van der Waals surface area contributed by atoms with Crippen LogP contribution in [-0.2, 0) is 30.5 Å². The molecular weight excluding hydrogens is 424 g/mol. The summed E-state index contributed by atoms with van der Waals surface area (Å²) in [5, 5.41) is 4.51. The molecule has 3 heterocycles. The molecule has 0 unspecified atom stereocenters. The first kappa shape index (κ1) is 22.5. The molecule has 6 nitrogen and oxygen atoms in total. The summed E-state index contributed by atoms with van der Waals surface area (Å²) in [5.41, 5.74) is 9.75. The fraction of sp³-hybridized carbons (Fsp3) is 0.429. The maximum Gasteiger partial charge on any atom is 0.122 e. The molecule has 0 saturated heterocycles. The molecule has 3 aromatic rings. The summed E-state index contributed by atoms with van der Waals surface area (Å²) in [7, 11) is 1.67. The van der Waals surface area contributed by atoms with Gasteiger partial charge in [-0.15, -0.1) is 0 Å². The van der Waals surface area contributed by atoms with Gasteiger partial charge in [-0.3, -0.25) is 15.0 Å². The molecule has 0 atom stereocenters. The fourth-order valence-corrected chi connectivity index (χ4v) is 4.86. The lowest BCUT2D eigenvalue weighted by Gasteiger charge is -2.22. The Morgan fingerprint density at radius 1 is 0.882 bits per heavy atom. The lowest BCUT2D eigenvalue weighted by molar-refractivity contribution is 0.141. The molecule has 3 aromatic heterocycles. The van der Waals surface area contributed by atoms with E-state index in [0.717, 1.165) is 78.5 Å². The van der Waals surface area contributed by atoms with Crippen LogP contribution in [0.2, 0.25) is 0 Å². The Labute approximate surface area is 201 Å². The highest BCUT2D eigenvalue weighted by Crippen LogP contribution is 2.27. The molecule has 0 aromatic carbocycles. The maximum atomic E-state index is 5.75. The molecule has 176 valence electrons. The van der Waals surface area contributed by atoms with Crippen molar-refractivity contribution in [1.29, 1.82) is 0 Å². The number of nitrogens with zero attached hydrogens (tertiary/aromatic N) is 4. The lowest BCUT2D eigenvalue weighted by Crippen LogP contribution is -2.18. The number of ether oxygens (including phenoxy) is 1. The monoisotopic (exact) mass is 456 g/mol. The van der Waals surface area contributed by atoms with Gasteiger partial charge < -0.3 is 9.57 Å². The minimum Gasteiger partial charge on any atom is -0.497 e. The first-order valence-electron chi connectivity index (χ1n) is 12.4. The van der Waals surface area contributed by atoms with Gasteiger partial charge in [0.2, 0.25) is 0 Å². The first-order valence-corrected chi connectivity index (χ1v) is 12.4. The van der Waals surface area contributed by atoms with Gasteiger partial charge in [0.05, 0.1) is 24.2 Å². The van der Waals surface area contributed by atoms with Gasteiger partial charge in [0.25, 0.3) is 0 Å². The smallest absolute Gasteiger partial charge is 0.122 e. The Hall–Kier alpha value is -3.28. The Morgan fingerprint density at radius 2 is 1.76 bits per heavy atom. The third kappa shape index (κ3) is 5.11. The van der Waals surface area contributed by atoms with E-state index in [1.165, 1.54) is 36.1 Å². The number of fused-ring (bicyclic) bond motifs is 2. The molecule has 0 N–H and O–H groups in total. The molecule has 0 fully saturated rings. The second-order valence-corrected chi connectivity index (χ2v) is 9.19. The third-order valence-corrected chi connectivity index (χ3v) is 6.59. The minimum absolute atomic E-state index is 0.562. The molecule has 0 aliphatic heterocycles. The van der Waals surface area contributed by atoms with Gasteiger partial charge in [-0.2, -0.15) is 0 Å². The summed E-state index contributed by atoms with van der Waals surface area (Å²) in [6.45, 7) is 2.52. The number of rotatable bonds is 7. The summed E-state index contributed by atoms with van der Waals surface area (Å²) in [5.74, 6) is 0.793. The van der Waals surface area contributed by atoms with Gasteiger partial charge in [-0.1, -0.05) is 17.3 Å². The van der Waals surface area contributed by atoms with Crippen molar-refractivity contribution in [3.05, 3.63) is 70.3 Å². The van der Waals surface area contributed by atoms with E-state index >= 15 is 0 Å². The van der Waals surface area contributed by atoms with Gasteiger partial charge in [0, 0.05) is 29.2 Å². The number of hydrogen-bond acceptors (Lipinski definition) is 6. The van der Waals surface area contributed by atoms with E-state index in [0.29, 0.717) is 6.61 Å². The zero-order valence-electron chi connectivity index (χ0n) is 20.1. The highest BCUT2D eigenvalue weighted by Gasteiger charge is 2.22. The zero-order chi connectivity index (χ0) is 23.3. The van der Waals surface area contributed by atoms with Gasteiger partial charge in [0.15, 0.2) is 0 Å². The number of hydrogen-bond donors (Lipinski definition) is 0. The Morgan fingerprint density at radius 3 is 2.68 bits per heavy atom. The standard InChI is InChI=1S/C28H32N4O2/c1-19-16-23(33-2)18-27(29-19)25-13-6-10-22(30-25)11-7-15-34-32-26-14-5-9-21-17-20-8-3-4-12-24(20)31-28(21)26/h6,10,13,16-18H,3-5,7-9,11-12,14-15H2,1-2H3. The fourth-order valence-electron chi connectivity index (χ4n) is 4.86. The van der Waals surface area contributed by atoms with Crippen molar-refractivity contribution >= 4 is 5.71 Å². The van der Waals surface area contributed by atoms with Crippen molar-refractivity contribution in [2.75, 3.05) is 13.7 Å². The van der Waals surface area contributed by atoms with Crippen molar-refractivity contribution < 1.29 is 9.57 Å². The number of pyridine rings is 3. The number of aryl methyl sites for hydroxylation is 5. The lowest BCUT2D eigenvalue weighted by atomic mass is 9.88. The van der Waals surface area contributed by atoms with E-state index in [-0.39, 0.29) is 0 Å². The summed E-state index contributed by atoms with van der Waals surface area (Å²) < 4.78 is 5.38. The predicted octanol–water partition coefficient (Wildman–Crippen LogP) is 5.42. The van der Waals surface area contributed by atoms with E-state index in [4.69, 9.17) is 19.5 Å². The number of methoxy groups -OCH3 is 1. The molecule has 2 aliphatic carbocycles. The molecule has 0 radical (unpaired) electrons. The molecule has 5 rings (SSSR count). The highest BCUT2D eigenvalue weighted by atomic mass is 16.6. The van der Waals surface area contributed by atoms with E-state index in [1.807, 2.05) is 37.3 Å². The van der Waals surface area contributed by atoms with Crippen LogP contribution in [0.5, 0.6) is 5.75 Å². The van der Waals surface area contributed by atoms with Crippen LogP contribution in [0.25, 0.3) is 11.4 Å². The first-order chi connectivity index (χ1) is 16.7. The van der Waals surface area contributed by atoms with Crippen molar-refractivity contribution in [1.82, 2.24) is 15.0 Å². The highest BCUT2D eigenvalue weighted by molar-refractivity contribution is 6.00. The predicted molar refractivity (Wildman–Crippen MR) is 133 cm³/mol. The van der Waals surface area contributed by atoms with Crippen LogP contribution in [0.1, 0.15) is 66.0 Å². The largest absolute Gasteiger partial charge is 0.497 e. The van der Waals surface area contributed by atoms with Crippen LogP contribution in [0.15, 0.2) is 41.6 Å². The Kier molecular flexibility index (Phi) is 6.84. The van der Waals surface area contributed by atoms with Crippen LogP contribution in [0.3, 0.4) is 0 Å². The molecule has 0 amide bonds. The average molecular weight is 457 g/mol. The summed E-state index contributed by atoms with van der Waals surface area (Å²) in [6, 6.07) is 12.3. The van der Waals surface area contributed by atoms with Crippen LogP contribution >= 0.6 is 0 Å². The normalized spacial score (nSPS) is 16.1. The van der Waals surface area contributed by atoms with E-state index in [1.54, 1.807) is 7.11 Å². The Bertz CT molecular complexity index is 1210. The minimum atomic E-state index is 0.562. The molecule has 34 heavy (non-hydrogen) atoms. The van der Waals surface area contributed by atoms with Gasteiger partial charge >= 0.3 is 0 Å². The van der Waals surface area contributed by atoms with Gasteiger partial charge in [-0.05, 0) is 88.0 Å². The summed E-state index contributed by atoms with van der Waals surface area (Å²) >= 11 is 0. The van der Waals surface area contributed by atoms with Crippen molar-refractivity contribution in [2.24, 2.45) is 5.16 Å². The van der Waals surface area contributed by atoms with Crippen LogP contribution in [0, 0.1) is 6.92 Å². The number of aromatic nitrogens is 3. The second-order valence-electron chi connectivity index (χ2n) is 9.19. The number of oxime groups is 1. The van der Waals surface area contributed by atoms with Crippen molar-refractivity contribution in [3.8, 4) is 17.1 Å². The molecule has 0 spiro atoms. The second kappa shape index (κ2) is 10.3. The van der Waals surface area contributed by atoms with Crippen LogP contribution in [0.4, 0.5) is 0 Å². The molecule has 0 saturated carbocycles. The SMILES string of the molecule is COc1cc(C)nc(-c2cccc(CCCON=C3CCCc4cc5c(nc43)CCCC5)n2)c1. The topological polar surface area (TPSA) is 69.5 Å². The Balaban J connectivity index is 1.20. The van der Waals surface area contributed by atoms with Crippen molar-refractivity contribution in [3.63, 3.8) is 0 Å². The van der Waals surface area contributed by atoms with E-state index in [9.17, 15) is 0 Å². The van der Waals surface area contributed by atoms with Crippen LogP contribution in [-0.4, -0.2) is 34.4 Å². The quantitative estimate of drug-likeness (QED) is 0.350.